The lowest BCUT2D eigenvalue weighted by atomic mass is 10.3. The summed E-state index contributed by atoms with van der Waals surface area (Å²) in [5, 5.41) is 12.7. The number of carbonyl (C=O) groups excluding carboxylic acids is 1. The van der Waals surface area contributed by atoms with Gasteiger partial charge in [0.1, 0.15) is 6.04 Å². The summed E-state index contributed by atoms with van der Waals surface area (Å²) in [6.45, 7) is 6.78. The van der Waals surface area contributed by atoms with Crippen LogP contribution in [0.4, 0.5) is 0 Å². The van der Waals surface area contributed by atoms with Gasteiger partial charge in [-0.3, -0.25) is 9.48 Å². The van der Waals surface area contributed by atoms with Gasteiger partial charge in [-0.2, -0.15) is 5.10 Å². The molecule has 1 aromatic heterocycles. The molecule has 1 aromatic rings. The molecule has 1 N–H and O–H groups in total. The molecular formula is C11H17N3O3. The maximum Gasteiger partial charge on any atom is 0.338 e. The molecule has 1 unspecified atom stereocenters. The van der Waals surface area contributed by atoms with Gasteiger partial charge in [0.25, 0.3) is 0 Å². The molecule has 1 atom stereocenters. The Morgan fingerprint density at radius 1 is 1.47 bits per heavy atom. The smallest absolute Gasteiger partial charge is 0.338 e. The number of carbonyl (C=O) groups is 2. The van der Waals surface area contributed by atoms with Crippen LogP contribution in [-0.2, 0) is 4.79 Å². The van der Waals surface area contributed by atoms with E-state index in [1.165, 1.54) is 17.1 Å². The number of nitrogens with zero attached hydrogens (tertiary/aromatic N) is 3. The minimum absolute atomic E-state index is 0.0601. The zero-order valence-electron chi connectivity index (χ0n) is 10.3. The number of carboxylic acids is 1. The predicted molar refractivity (Wildman–Crippen MR) is 61.8 cm³/mol. The molecule has 0 radical (unpaired) electrons. The molecular weight excluding hydrogens is 222 g/mol. The Morgan fingerprint density at radius 2 is 2.06 bits per heavy atom. The first-order chi connectivity index (χ1) is 8.01. The number of aromatic nitrogens is 2. The van der Waals surface area contributed by atoms with Crippen molar-refractivity contribution in [3.05, 3.63) is 18.0 Å². The van der Waals surface area contributed by atoms with E-state index in [0.29, 0.717) is 13.1 Å². The summed E-state index contributed by atoms with van der Waals surface area (Å²) in [6.07, 6.45) is 2.61. The summed E-state index contributed by atoms with van der Waals surface area (Å²) in [5.41, 5.74) is 0.0872. The fraction of sp³-hybridized carbons (Fsp3) is 0.545. The Kier molecular flexibility index (Phi) is 4.25. The van der Waals surface area contributed by atoms with E-state index in [1.54, 1.807) is 11.8 Å². The van der Waals surface area contributed by atoms with Crippen LogP contribution in [0.5, 0.6) is 0 Å². The van der Waals surface area contributed by atoms with Crippen LogP contribution in [0.15, 0.2) is 12.4 Å². The minimum atomic E-state index is -1.04. The molecule has 6 heteroatoms. The number of rotatable bonds is 5. The molecule has 0 spiro atoms. The van der Waals surface area contributed by atoms with Crippen molar-refractivity contribution in [2.24, 2.45) is 0 Å². The molecule has 0 aliphatic rings. The van der Waals surface area contributed by atoms with Crippen LogP contribution in [0.2, 0.25) is 0 Å². The number of aromatic carboxylic acids is 1. The van der Waals surface area contributed by atoms with Gasteiger partial charge in [-0.25, -0.2) is 4.79 Å². The van der Waals surface area contributed by atoms with Crippen LogP contribution >= 0.6 is 0 Å². The van der Waals surface area contributed by atoms with E-state index in [0.717, 1.165) is 0 Å². The lowest BCUT2D eigenvalue weighted by molar-refractivity contribution is -0.134. The van der Waals surface area contributed by atoms with Crippen molar-refractivity contribution in [1.29, 1.82) is 0 Å². The van der Waals surface area contributed by atoms with Crippen LogP contribution in [0, 0.1) is 0 Å². The van der Waals surface area contributed by atoms with E-state index in [1.807, 2.05) is 13.8 Å². The second-order valence-corrected chi connectivity index (χ2v) is 3.70. The summed E-state index contributed by atoms with van der Waals surface area (Å²) in [5.74, 6) is -1.10. The molecule has 0 fully saturated rings. The van der Waals surface area contributed by atoms with Gasteiger partial charge in [0, 0.05) is 19.3 Å². The van der Waals surface area contributed by atoms with Gasteiger partial charge in [-0.05, 0) is 20.8 Å². The molecule has 17 heavy (non-hydrogen) atoms. The molecule has 0 aliphatic carbocycles. The quantitative estimate of drug-likeness (QED) is 0.832. The highest BCUT2D eigenvalue weighted by Crippen LogP contribution is 2.10. The summed E-state index contributed by atoms with van der Waals surface area (Å²) >= 11 is 0. The van der Waals surface area contributed by atoms with Crippen molar-refractivity contribution in [3.63, 3.8) is 0 Å². The molecule has 0 bridgehead atoms. The Labute approximate surface area is 99.8 Å². The average Bonchev–Trinajstić information content (AvgIpc) is 2.78. The lowest BCUT2D eigenvalue weighted by Crippen LogP contribution is -2.36. The fourth-order valence-corrected chi connectivity index (χ4v) is 1.57. The second-order valence-electron chi connectivity index (χ2n) is 3.70. The van der Waals surface area contributed by atoms with Gasteiger partial charge in [0.15, 0.2) is 0 Å². The number of amides is 1. The number of hydrogen-bond donors (Lipinski definition) is 1. The summed E-state index contributed by atoms with van der Waals surface area (Å²) in [7, 11) is 0. The lowest BCUT2D eigenvalue weighted by Gasteiger charge is -2.22. The summed E-state index contributed by atoms with van der Waals surface area (Å²) in [4.78, 5) is 24.4. The molecule has 1 amide bonds. The van der Waals surface area contributed by atoms with Crippen molar-refractivity contribution in [2.75, 3.05) is 13.1 Å². The summed E-state index contributed by atoms with van der Waals surface area (Å²) in [6, 6.07) is -0.483. The zero-order chi connectivity index (χ0) is 13.0. The molecule has 94 valence electrons. The Balaban J connectivity index is 2.84. The fourth-order valence-electron chi connectivity index (χ4n) is 1.57. The topological polar surface area (TPSA) is 75.4 Å². The van der Waals surface area contributed by atoms with Crippen molar-refractivity contribution >= 4 is 11.9 Å². The highest BCUT2D eigenvalue weighted by atomic mass is 16.4. The zero-order valence-corrected chi connectivity index (χ0v) is 10.3. The van der Waals surface area contributed by atoms with Crippen molar-refractivity contribution in [1.82, 2.24) is 14.7 Å². The third-order valence-electron chi connectivity index (χ3n) is 2.68. The Hall–Kier alpha value is -1.85. The molecule has 0 saturated carbocycles. The third kappa shape index (κ3) is 2.83. The first-order valence-electron chi connectivity index (χ1n) is 5.57. The van der Waals surface area contributed by atoms with Gasteiger partial charge in [0.2, 0.25) is 5.91 Å². The Morgan fingerprint density at radius 3 is 2.47 bits per heavy atom. The normalized spacial score (nSPS) is 12.2. The Bertz CT molecular complexity index is 410. The summed E-state index contributed by atoms with van der Waals surface area (Å²) < 4.78 is 1.38. The minimum Gasteiger partial charge on any atom is -0.478 e. The highest BCUT2D eigenvalue weighted by Gasteiger charge is 2.21. The number of carboxylic acid groups (broad SMARTS) is 1. The van der Waals surface area contributed by atoms with Crippen molar-refractivity contribution < 1.29 is 14.7 Å². The number of likely N-dealkylation sites (N-methyl/N-ethyl adjacent to an activating group) is 1. The predicted octanol–water partition coefficient (Wildman–Crippen LogP) is 1.01. The molecule has 0 saturated heterocycles. The maximum atomic E-state index is 12.0. The van der Waals surface area contributed by atoms with E-state index in [-0.39, 0.29) is 11.5 Å². The highest BCUT2D eigenvalue weighted by molar-refractivity contribution is 5.87. The third-order valence-corrected chi connectivity index (χ3v) is 2.68. The van der Waals surface area contributed by atoms with E-state index < -0.39 is 12.0 Å². The van der Waals surface area contributed by atoms with Crippen LogP contribution in [0.1, 0.15) is 37.2 Å². The maximum absolute atomic E-state index is 12.0. The van der Waals surface area contributed by atoms with Gasteiger partial charge >= 0.3 is 5.97 Å². The standard InChI is InChI=1S/C11H17N3O3/c1-4-13(5-2)10(15)8(3)14-7-9(6-12-14)11(16)17/h6-8H,4-5H2,1-3H3,(H,16,17). The molecule has 6 nitrogen and oxygen atoms in total. The van der Waals surface area contributed by atoms with E-state index >= 15 is 0 Å². The second kappa shape index (κ2) is 5.47. The van der Waals surface area contributed by atoms with E-state index in [9.17, 15) is 9.59 Å². The van der Waals surface area contributed by atoms with Gasteiger partial charge in [0.05, 0.1) is 11.8 Å². The molecule has 1 rings (SSSR count). The van der Waals surface area contributed by atoms with Crippen molar-refractivity contribution in [3.8, 4) is 0 Å². The molecule has 0 aromatic carbocycles. The average molecular weight is 239 g/mol. The monoisotopic (exact) mass is 239 g/mol. The van der Waals surface area contributed by atoms with E-state index in [2.05, 4.69) is 5.10 Å². The van der Waals surface area contributed by atoms with Gasteiger partial charge in [-0.15, -0.1) is 0 Å². The van der Waals surface area contributed by atoms with Gasteiger partial charge < -0.3 is 10.0 Å². The first kappa shape index (κ1) is 13.2. The van der Waals surface area contributed by atoms with Crippen LogP contribution in [0.25, 0.3) is 0 Å². The largest absolute Gasteiger partial charge is 0.478 e. The van der Waals surface area contributed by atoms with Crippen LogP contribution in [0.3, 0.4) is 0 Å². The van der Waals surface area contributed by atoms with Crippen LogP contribution in [-0.4, -0.2) is 44.8 Å². The number of hydrogen-bond acceptors (Lipinski definition) is 3. The van der Waals surface area contributed by atoms with Crippen LogP contribution < -0.4 is 0 Å². The van der Waals surface area contributed by atoms with E-state index in [4.69, 9.17) is 5.11 Å². The SMILES string of the molecule is CCN(CC)C(=O)C(C)n1cc(C(=O)O)cn1. The van der Waals surface area contributed by atoms with Crippen molar-refractivity contribution in [2.45, 2.75) is 26.8 Å². The molecule has 0 aliphatic heterocycles. The van der Waals surface area contributed by atoms with Gasteiger partial charge in [-0.1, -0.05) is 0 Å². The first-order valence-corrected chi connectivity index (χ1v) is 5.57. The molecule has 1 heterocycles.